The molecule has 15 N–H and O–H groups in total. The van der Waals surface area contributed by atoms with Gasteiger partial charge in [0.25, 0.3) is 11.1 Å². The molecule has 39 heteroatoms. The first-order valence-corrected chi connectivity index (χ1v) is 22.6. The van der Waals surface area contributed by atoms with E-state index in [1.54, 1.807) is 0 Å². The highest BCUT2D eigenvalue weighted by Gasteiger charge is 2.48. The predicted molar refractivity (Wildman–Crippen MR) is 180 cm³/mol. The molecule has 4 aromatic rings. The monoisotopic (exact) mass is 954 g/mol. The number of aromatic amines is 2. The predicted octanol–water partition coefficient (Wildman–Crippen LogP) is -5.00. The van der Waals surface area contributed by atoms with Crippen molar-refractivity contribution in [1.82, 2.24) is 39.0 Å². The number of hydrogen-bond donors (Lipinski definition) is 15. The number of aliphatic hydroxyl groups excluding tert-OH is 6. The van der Waals surface area contributed by atoms with Crippen molar-refractivity contribution in [2.75, 3.05) is 13.2 Å². The van der Waals surface area contributed by atoms with Gasteiger partial charge in [-0.05, 0) is 0 Å². The minimum atomic E-state index is -6.07. The lowest BCUT2D eigenvalue weighted by Crippen LogP contribution is -2.33. The molecule has 0 amide bonds. The fourth-order valence-corrected chi connectivity index (χ4v) is 10.3. The van der Waals surface area contributed by atoms with Gasteiger partial charge in [-0.3, -0.25) is 18.7 Å². The molecule has 2 unspecified atom stereocenters. The summed E-state index contributed by atoms with van der Waals surface area (Å²) in [4.78, 5) is 102. The van der Waals surface area contributed by atoms with Crippen molar-refractivity contribution in [2.45, 2.75) is 49.1 Å². The topological polar surface area (TPSA) is 531 Å². The zero-order valence-electron chi connectivity index (χ0n) is 28.4. The summed E-state index contributed by atoms with van der Waals surface area (Å²) in [6.07, 6.45) is -3.57. The minimum absolute atomic E-state index is 0.111. The van der Waals surface area contributed by atoms with Crippen LogP contribution in [0, 0.1) is 0 Å². The van der Waals surface area contributed by atoms with E-state index in [1.165, 1.54) is 34.4 Å². The zero-order valence-corrected chi connectivity index (χ0v) is 32.9. The number of ether oxygens (including phenoxy) is 2. The van der Waals surface area contributed by atoms with Crippen LogP contribution in [0.1, 0.15) is 12.5 Å². The van der Waals surface area contributed by atoms with Gasteiger partial charge in [0, 0.05) is 0 Å². The van der Waals surface area contributed by atoms with Crippen molar-refractivity contribution in [3.05, 3.63) is 46.0 Å². The third-order valence-corrected chi connectivity index (χ3v) is 13.8. The summed E-state index contributed by atoms with van der Waals surface area (Å²) in [5.41, 5.74) is -0.122. The van der Waals surface area contributed by atoms with Crippen LogP contribution < -0.4 is 11.1 Å². The lowest BCUT2D eigenvalue weighted by Gasteiger charge is -2.18. The maximum Gasteiger partial charge on any atom is 0.490 e. The average molecular weight is 954 g/mol. The lowest BCUT2D eigenvalue weighted by molar-refractivity contribution is -0.0511. The Kier molecular flexibility index (Phi) is 15.4. The van der Waals surface area contributed by atoms with Crippen LogP contribution in [0.4, 0.5) is 0 Å². The lowest BCUT2D eigenvalue weighted by atomic mass is 10.1. The number of aromatic nitrogens is 8. The number of H-pyrrole nitrogens is 2. The number of fused-ring (bicyclic) bond motifs is 2. The van der Waals surface area contributed by atoms with Gasteiger partial charge in [-0.2, -0.15) is 17.2 Å². The van der Waals surface area contributed by atoms with Gasteiger partial charge in [-0.15, -0.1) is 0 Å². The Morgan fingerprint density at radius 3 is 1.17 bits per heavy atom. The van der Waals surface area contributed by atoms with Crippen LogP contribution in [0.15, 0.2) is 34.9 Å². The molecule has 34 nitrogen and oxygen atoms in total. The maximum absolute atomic E-state index is 11.5. The van der Waals surface area contributed by atoms with Gasteiger partial charge >= 0.3 is 39.1 Å². The van der Waals surface area contributed by atoms with Crippen molar-refractivity contribution in [3.63, 3.8) is 0 Å². The average Bonchev–Trinajstić information content (AvgIpc) is 3.84. The molecule has 332 valence electrons. The van der Waals surface area contributed by atoms with Crippen molar-refractivity contribution >= 4 is 61.4 Å². The fraction of sp³-hybridized carbons (Fsp3) is 0.500. The summed E-state index contributed by atoms with van der Waals surface area (Å²) >= 11 is 0. The summed E-state index contributed by atoms with van der Waals surface area (Å²) in [6, 6.07) is 0. The van der Waals surface area contributed by atoms with E-state index >= 15 is 0 Å². The summed E-state index contributed by atoms with van der Waals surface area (Å²) in [6.45, 7) is -0.843. The van der Waals surface area contributed by atoms with Crippen LogP contribution in [-0.4, -0.2) is 154 Å². The standard InChI is InChI=1S/2C10H12N4O5.H7O16P5/c2*15-1-4-6(16)7(17)10(19-4)14-3-13-5-8(14)11-2-12-9(5)18;1-17(2,3)13-19(7,8)15-21(11,12)16-20(9,10)14-18(4,5)6/h2*2-4,6-7,10,15-17H,1H2,(H,11,12,18);(H,7,8)(H,9,10)(H,11,12)(H2,1,2,3)(H2,4,5,6)/t2*4-,6-,7-,10-;/m11./s1. The van der Waals surface area contributed by atoms with Crippen LogP contribution >= 0.6 is 39.1 Å². The van der Waals surface area contributed by atoms with Crippen molar-refractivity contribution in [3.8, 4) is 0 Å². The highest BCUT2D eigenvalue weighted by molar-refractivity contribution is 7.71. The van der Waals surface area contributed by atoms with E-state index < -0.39 is 113 Å². The molecule has 0 aromatic carbocycles. The molecule has 0 spiro atoms. The molecule has 6 rings (SSSR count). The Bertz CT molecular complexity index is 2300. The molecule has 2 aliphatic heterocycles. The number of rotatable bonds is 12. The molecular formula is C20H31N8O26P5. The third kappa shape index (κ3) is 12.6. The van der Waals surface area contributed by atoms with E-state index in [1.807, 2.05) is 0 Å². The molecule has 4 aromatic heterocycles. The first-order valence-electron chi connectivity index (χ1n) is 15.1. The van der Waals surface area contributed by atoms with Crippen LogP contribution in [0.5, 0.6) is 0 Å². The number of nitrogens with one attached hydrogen (secondary N) is 2. The number of phosphoric acid groups is 5. The molecule has 0 bridgehead atoms. The molecule has 2 aliphatic rings. The number of nitrogens with zero attached hydrogens (tertiary/aromatic N) is 6. The van der Waals surface area contributed by atoms with Gasteiger partial charge in [0.1, 0.15) is 36.6 Å². The minimum Gasteiger partial charge on any atom is -0.394 e. The summed E-state index contributed by atoms with van der Waals surface area (Å²) in [7, 11) is -29.3. The third-order valence-electron chi connectivity index (χ3n) is 7.14. The molecule has 0 aliphatic carbocycles. The molecule has 10 atom stereocenters. The molecule has 0 saturated carbocycles. The molecule has 2 fully saturated rings. The van der Waals surface area contributed by atoms with E-state index in [-0.39, 0.29) is 22.3 Å². The molecule has 59 heavy (non-hydrogen) atoms. The van der Waals surface area contributed by atoms with Crippen molar-refractivity contribution in [1.29, 1.82) is 0 Å². The summed E-state index contributed by atoms with van der Waals surface area (Å²) in [5, 5.41) is 57.3. The molecular weight excluding hydrogens is 923 g/mol. The summed E-state index contributed by atoms with van der Waals surface area (Å²) < 4.78 is 79.0. The summed E-state index contributed by atoms with van der Waals surface area (Å²) in [5.74, 6) is 0. The van der Waals surface area contributed by atoms with Gasteiger partial charge in [0.05, 0.1) is 38.5 Å². The Hall–Kier alpha value is -2.91. The Morgan fingerprint density at radius 2 is 0.881 bits per heavy atom. The highest BCUT2D eigenvalue weighted by atomic mass is 31.3. The first-order chi connectivity index (χ1) is 27.1. The molecule has 6 heterocycles. The SMILES string of the molecule is O=P(O)(O)OP(=O)(O)OP(=O)(O)OP(=O)(O)OP(=O)(O)O.O=c1[nH]cnc2c1ncn2[C@@H]1O[C@H](CO)[C@@H](O)[C@H]1O.O=c1[nH]cnc2c1ncn2[C@@H]1O[C@H](CO)[C@@H](O)[C@H]1O. The van der Waals surface area contributed by atoms with E-state index in [0.717, 1.165) is 0 Å². The zero-order chi connectivity index (χ0) is 44.5. The largest absolute Gasteiger partial charge is 0.490 e. The highest BCUT2D eigenvalue weighted by Crippen LogP contribution is 2.72. The van der Waals surface area contributed by atoms with E-state index in [2.05, 4.69) is 47.1 Å². The fourth-order valence-electron chi connectivity index (χ4n) is 4.89. The van der Waals surface area contributed by atoms with Gasteiger partial charge in [-0.25, -0.2) is 42.8 Å². The van der Waals surface area contributed by atoms with Crippen LogP contribution in [-0.2, 0) is 49.5 Å². The van der Waals surface area contributed by atoms with Gasteiger partial charge in [-0.1, -0.05) is 0 Å². The van der Waals surface area contributed by atoms with Gasteiger partial charge in [0.15, 0.2) is 34.8 Å². The second kappa shape index (κ2) is 18.6. The normalized spacial score (nSPS) is 27.9. The second-order valence-electron chi connectivity index (χ2n) is 11.3. The van der Waals surface area contributed by atoms with Crippen LogP contribution in [0.25, 0.3) is 22.3 Å². The number of hydrogen-bond acceptors (Lipinski definition) is 23. The van der Waals surface area contributed by atoms with Gasteiger partial charge < -0.3 is 84.3 Å². The Labute approximate surface area is 323 Å². The van der Waals surface area contributed by atoms with Crippen molar-refractivity contribution in [2.24, 2.45) is 0 Å². The number of aliphatic hydroxyl groups is 6. The van der Waals surface area contributed by atoms with Crippen LogP contribution in [0.3, 0.4) is 0 Å². The van der Waals surface area contributed by atoms with Gasteiger partial charge in [0.2, 0.25) is 0 Å². The van der Waals surface area contributed by atoms with E-state index in [9.17, 15) is 52.8 Å². The quantitative estimate of drug-likeness (QED) is 0.0591. The Morgan fingerprint density at radius 1 is 0.559 bits per heavy atom. The van der Waals surface area contributed by atoms with Crippen LogP contribution in [0.2, 0.25) is 0 Å². The maximum atomic E-state index is 11.5. The second-order valence-corrected chi connectivity index (χ2v) is 18.7. The van der Waals surface area contributed by atoms with Crippen molar-refractivity contribution < 1.29 is 114 Å². The van der Waals surface area contributed by atoms with E-state index in [0.29, 0.717) is 0 Å². The first kappa shape index (κ1) is 48.8. The number of imidazole rings is 2. The van der Waals surface area contributed by atoms with E-state index in [4.69, 9.17) is 53.9 Å². The smallest absolute Gasteiger partial charge is 0.394 e. The molecule has 2 saturated heterocycles. The Balaban J connectivity index is 0.000000195. The molecule has 0 radical (unpaired) electrons.